The number of carbonyl (C=O) groups excluding carboxylic acids is 2. The molecule has 20 heteroatoms. The number of aromatic amines is 1. The van der Waals surface area contributed by atoms with Crippen LogP contribution in [0.1, 0.15) is 44.7 Å². The number of nitrogens with one attached hydrogen (secondary N) is 3. The maximum absolute atomic E-state index is 13.5. The van der Waals surface area contributed by atoms with Crippen LogP contribution in [0.2, 0.25) is 0 Å². The van der Waals surface area contributed by atoms with Gasteiger partial charge in [0.2, 0.25) is 5.91 Å². The van der Waals surface area contributed by atoms with Gasteiger partial charge < -0.3 is 20.4 Å². The molecule has 1 fully saturated rings. The van der Waals surface area contributed by atoms with Crippen LogP contribution in [0.5, 0.6) is 0 Å². The second-order valence-electron chi connectivity index (χ2n) is 11.9. The monoisotopic (exact) mass is 744 g/mol. The van der Waals surface area contributed by atoms with Crippen molar-refractivity contribution >= 4 is 40.6 Å². The molecule has 51 heavy (non-hydrogen) atoms. The molecule has 0 bridgehead atoms. The fourth-order valence-electron chi connectivity index (χ4n) is 5.51. The lowest BCUT2D eigenvalue weighted by Crippen LogP contribution is -2.49. The van der Waals surface area contributed by atoms with Crippen molar-refractivity contribution in [3.63, 3.8) is 0 Å². The lowest BCUT2D eigenvalue weighted by Gasteiger charge is -2.37. The van der Waals surface area contributed by atoms with Gasteiger partial charge in [0.1, 0.15) is 18.5 Å². The number of imidazole rings is 1. The molecule has 4 heterocycles. The zero-order chi connectivity index (χ0) is 37.1. The summed E-state index contributed by atoms with van der Waals surface area (Å²) < 4.78 is 86.0. The molecule has 3 N–H and O–H groups in total. The molecule has 1 unspecified atom stereocenters. The highest BCUT2D eigenvalue weighted by Gasteiger charge is 2.49. The third-order valence-corrected chi connectivity index (χ3v) is 9.02. The summed E-state index contributed by atoms with van der Waals surface area (Å²) >= 11 is 0.988. The Bertz CT molecular complexity index is 1930. The Kier molecular flexibility index (Phi) is 11.3. The van der Waals surface area contributed by atoms with E-state index in [9.17, 15) is 45.5 Å². The standard InChI is InChI=1S/C31H34F6N8O5S/c1-3-9-50-10-8-43(26(47)19-5-6-22(38-14-19)40-17(2)46)23-7-4-18(13-39-23)15-51-28-41-24-25(42-28)44(16-30(32,33)34)29(49)45(27(24)48)21-11-20(12-21)31(35,36)37/h4-7,13-14,20-22,38H,3,8-12,15-16H2,1-2H3,(H,40,46)(H,41,42). The van der Waals surface area contributed by atoms with Crippen molar-refractivity contribution in [2.45, 2.75) is 75.1 Å². The third kappa shape index (κ3) is 9.02. The number of alkyl halides is 6. The summed E-state index contributed by atoms with van der Waals surface area (Å²) in [5, 5.41) is 5.59. The van der Waals surface area contributed by atoms with Gasteiger partial charge in [-0.05, 0) is 43.0 Å². The molecule has 5 rings (SSSR count). The molecule has 0 radical (unpaired) electrons. The van der Waals surface area contributed by atoms with Crippen LogP contribution in [-0.4, -0.2) is 74.2 Å². The fraction of sp³-hybridized carbons (Fsp3) is 0.484. The lowest BCUT2D eigenvalue weighted by atomic mass is 9.79. The summed E-state index contributed by atoms with van der Waals surface area (Å²) in [5.41, 5.74) is -2.54. The minimum Gasteiger partial charge on any atom is -0.380 e. The predicted octanol–water partition coefficient (Wildman–Crippen LogP) is 3.91. The predicted molar refractivity (Wildman–Crippen MR) is 174 cm³/mol. The highest BCUT2D eigenvalue weighted by Crippen LogP contribution is 2.46. The molecular weight excluding hydrogens is 710 g/mol. The van der Waals surface area contributed by atoms with Crippen molar-refractivity contribution in [2.75, 3.05) is 24.7 Å². The van der Waals surface area contributed by atoms with E-state index >= 15 is 0 Å². The van der Waals surface area contributed by atoms with Crippen molar-refractivity contribution in [2.24, 2.45) is 5.92 Å². The zero-order valence-electron chi connectivity index (χ0n) is 27.3. The second-order valence-corrected chi connectivity index (χ2v) is 12.9. The highest BCUT2D eigenvalue weighted by molar-refractivity contribution is 7.98. The number of aromatic nitrogens is 5. The minimum absolute atomic E-state index is 0.00741. The molecule has 3 aromatic rings. The Morgan fingerprint density at radius 2 is 1.88 bits per heavy atom. The molecule has 1 aliphatic carbocycles. The number of fused-ring (bicyclic) bond motifs is 1. The van der Waals surface area contributed by atoms with Crippen LogP contribution in [-0.2, 0) is 26.6 Å². The molecule has 1 aliphatic heterocycles. The number of rotatable bonds is 13. The second kappa shape index (κ2) is 15.3. The van der Waals surface area contributed by atoms with E-state index in [1.165, 1.54) is 24.2 Å². The molecular formula is C31H34F6N8O5S. The first-order chi connectivity index (χ1) is 24.1. The number of carbonyl (C=O) groups is 2. The van der Waals surface area contributed by atoms with Crippen LogP contribution < -0.4 is 26.8 Å². The number of ether oxygens (including phenoxy) is 1. The molecule has 2 aliphatic rings. The number of hydrogen-bond acceptors (Lipinski definition) is 9. The lowest BCUT2D eigenvalue weighted by molar-refractivity contribution is -0.202. The average Bonchev–Trinajstić information content (AvgIpc) is 3.47. The van der Waals surface area contributed by atoms with Gasteiger partial charge in [0.15, 0.2) is 16.3 Å². The van der Waals surface area contributed by atoms with Crippen LogP contribution in [0.25, 0.3) is 11.2 Å². The van der Waals surface area contributed by atoms with Gasteiger partial charge in [0, 0.05) is 37.7 Å². The summed E-state index contributed by atoms with van der Waals surface area (Å²) in [4.78, 5) is 63.7. The van der Waals surface area contributed by atoms with Gasteiger partial charge in [0.05, 0.1) is 24.6 Å². The van der Waals surface area contributed by atoms with Gasteiger partial charge in [0.25, 0.3) is 11.5 Å². The first-order valence-corrected chi connectivity index (χ1v) is 16.8. The van der Waals surface area contributed by atoms with Gasteiger partial charge in [-0.1, -0.05) is 24.8 Å². The molecule has 3 aromatic heterocycles. The molecule has 1 saturated carbocycles. The van der Waals surface area contributed by atoms with Crippen molar-refractivity contribution in [3.05, 3.63) is 68.7 Å². The Morgan fingerprint density at radius 1 is 1.14 bits per heavy atom. The molecule has 1 atom stereocenters. The number of amides is 2. The number of halogens is 6. The number of hydrogen-bond donors (Lipinski definition) is 3. The van der Waals surface area contributed by atoms with E-state index in [0.29, 0.717) is 28.1 Å². The molecule has 13 nitrogen and oxygen atoms in total. The number of thioether (sulfide) groups is 1. The SMILES string of the molecule is CCCOCCN(C(=O)C1=CNC(NC(C)=O)C=C1)c1ccc(CSc2nc3c([nH]2)c(=O)n(C2CC(C(F)(F)F)C2)c(=O)n3CC(F)(F)F)cn1. The first-order valence-electron chi connectivity index (χ1n) is 15.8. The highest BCUT2D eigenvalue weighted by atomic mass is 32.2. The van der Waals surface area contributed by atoms with E-state index in [-0.39, 0.29) is 40.4 Å². The van der Waals surface area contributed by atoms with Gasteiger partial charge in [-0.15, -0.1) is 0 Å². The maximum Gasteiger partial charge on any atom is 0.406 e. The van der Waals surface area contributed by atoms with Crippen molar-refractivity contribution in [1.29, 1.82) is 0 Å². The Morgan fingerprint density at radius 3 is 2.47 bits per heavy atom. The van der Waals surface area contributed by atoms with Gasteiger partial charge in [-0.2, -0.15) is 26.3 Å². The molecule has 0 spiro atoms. The Balaban J connectivity index is 1.34. The van der Waals surface area contributed by atoms with Crippen LogP contribution in [0.15, 0.2) is 57.0 Å². The Labute approximate surface area is 290 Å². The number of anilines is 1. The number of nitrogens with zero attached hydrogens (tertiary/aromatic N) is 5. The molecule has 0 aromatic carbocycles. The van der Waals surface area contributed by atoms with Crippen molar-refractivity contribution < 1.29 is 40.7 Å². The van der Waals surface area contributed by atoms with Crippen LogP contribution in [0, 0.1) is 5.92 Å². The molecule has 0 saturated heterocycles. The summed E-state index contributed by atoms with van der Waals surface area (Å²) in [6.45, 7) is 2.42. The van der Waals surface area contributed by atoms with Crippen LogP contribution in [0.3, 0.4) is 0 Å². The summed E-state index contributed by atoms with van der Waals surface area (Å²) in [6, 6.07) is 2.05. The van der Waals surface area contributed by atoms with Crippen LogP contribution in [0.4, 0.5) is 32.2 Å². The van der Waals surface area contributed by atoms with Gasteiger partial charge >= 0.3 is 18.0 Å². The molecule has 276 valence electrons. The van der Waals surface area contributed by atoms with E-state index in [1.807, 2.05) is 6.92 Å². The zero-order valence-corrected chi connectivity index (χ0v) is 28.1. The fourth-order valence-corrected chi connectivity index (χ4v) is 6.31. The Hall–Kier alpha value is -4.59. The number of pyridine rings is 1. The van der Waals surface area contributed by atoms with Gasteiger partial charge in [-0.3, -0.25) is 28.4 Å². The minimum atomic E-state index is -4.89. The normalized spacial score (nSPS) is 19.0. The van der Waals surface area contributed by atoms with E-state index in [1.54, 1.807) is 24.3 Å². The van der Waals surface area contributed by atoms with Gasteiger partial charge in [-0.25, -0.2) is 14.8 Å². The topological polar surface area (TPSA) is 156 Å². The average molecular weight is 745 g/mol. The van der Waals surface area contributed by atoms with E-state index in [0.717, 1.165) is 18.2 Å². The van der Waals surface area contributed by atoms with E-state index in [2.05, 4.69) is 25.6 Å². The maximum atomic E-state index is 13.5. The summed E-state index contributed by atoms with van der Waals surface area (Å²) in [7, 11) is 0. The van der Waals surface area contributed by atoms with Crippen LogP contribution >= 0.6 is 11.8 Å². The largest absolute Gasteiger partial charge is 0.406 e. The van der Waals surface area contributed by atoms with Crippen molar-refractivity contribution in [1.82, 2.24) is 34.7 Å². The van der Waals surface area contributed by atoms with E-state index < -0.39 is 72.3 Å². The summed E-state index contributed by atoms with van der Waals surface area (Å²) in [6.07, 6.45) is -4.18. The number of H-pyrrole nitrogens is 1. The van der Waals surface area contributed by atoms with E-state index in [4.69, 9.17) is 4.74 Å². The number of dihydropyridines is 1. The smallest absolute Gasteiger partial charge is 0.380 e. The first kappa shape index (κ1) is 37.7. The van der Waals surface area contributed by atoms with Crippen molar-refractivity contribution in [3.8, 4) is 0 Å². The third-order valence-electron chi connectivity index (χ3n) is 8.07. The summed E-state index contributed by atoms with van der Waals surface area (Å²) in [5.74, 6) is -1.96. The molecule has 2 amide bonds. The quantitative estimate of drug-likeness (QED) is 0.134.